The fraction of sp³-hybridized carbons (Fsp3) is 0.143. The Morgan fingerprint density at radius 3 is 2.43 bits per heavy atom. The maximum Gasteiger partial charge on any atom is 0.341 e. The number of esters is 1. The number of hydrogen-bond donors (Lipinski definition) is 2. The molecule has 0 spiro atoms. The van der Waals surface area contributed by atoms with Crippen molar-refractivity contribution >= 4 is 57.1 Å². The standard InChI is InChI=1S/C21H20N2O2S3/c1-13-14(2)27-19(18(13)20(24)25-3)23-21(26)22-16-11-7-8-12-17(16)28-15-9-5-4-6-10-15/h4-12H,1-3H3,(H2,22,23,26). The van der Waals surface area contributed by atoms with E-state index >= 15 is 0 Å². The zero-order valence-corrected chi connectivity index (χ0v) is 18.2. The lowest BCUT2D eigenvalue weighted by Crippen LogP contribution is -2.20. The van der Waals surface area contributed by atoms with Crippen molar-refractivity contribution in [3.05, 3.63) is 70.6 Å². The van der Waals surface area contributed by atoms with Gasteiger partial charge in [0.05, 0.1) is 18.4 Å². The van der Waals surface area contributed by atoms with Crippen LogP contribution in [0, 0.1) is 13.8 Å². The molecule has 0 unspecified atom stereocenters. The summed E-state index contributed by atoms with van der Waals surface area (Å²) < 4.78 is 4.92. The predicted molar refractivity (Wildman–Crippen MR) is 122 cm³/mol. The molecule has 0 aliphatic rings. The average molecular weight is 429 g/mol. The third-order valence-electron chi connectivity index (χ3n) is 4.11. The second-order valence-corrected chi connectivity index (χ2v) is 8.72. The third-order valence-corrected chi connectivity index (χ3v) is 6.52. The highest BCUT2D eigenvalue weighted by Crippen LogP contribution is 2.35. The Morgan fingerprint density at radius 1 is 1.04 bits per heavy atom. The number of thiophene rings is 1. The van der Waals surface area contributed by atoms with Gasteiger partial charge >= 0.3 is 5.97 Å². The molecule has 0 bridgehead atoms. The van der Waals surface area contributed by atoms with Crippen molar-refractivity contribution < 1.29 is 9.53 Å². The van der Waals surface area contributed by atoms with Gasteiger partial charge in [0.25, 0.3) is 0 Å². The summed E-state index contributed by atoms with van der Waals surface area (Å²) in [6, 6.07) is 18.1. The molecule has 3 aromatic rings. The molecule has 0 aliphatic heterocycles. The van der Waals surface area contributed by atoms with Crippen LogP contribution >= 0.6 is 35.3 Å². The van der Waals surface area contributed by atoms with Gasteiger partial charge in [0.2, 0.25) is 0 Å². The van der Waals surface area contributed by atoms with E-state index in [1.807, 2.05) is 56.3 Å². The first-order valence-electron chi connectivity index (χ1n) is 8.58. The average Bonchev–Trinajstić information content (AvgIpc) is 2.97. The van der Waals surface area contributed by atoms with Crippen LogP contribution in [0.1, 0.15) is 20.8 Å². The number of rotatable bonds is 5. The molecular formula is C21H20N2O2S3. The Hall–Kier alpha value is -2.35. The van der Waals surface area contributed by atoms with Gasteiger partial charge in [-0.3, -0.25) is 0 Å². The van der Waals surface area contributed by atoms with Gasteiger partial charge in [-0.2, -0.15) is 0 Å². The third kappa shape index (κ3) is 4.73. The first kappa shape index (κ1) is 20.4. The Bertz CT molecular complexity index is 1000. The summed E-state index contributed by atoms with van der Waals surface area (Å²) in [5, 5.41) is 7.51. The van der Waals surface area contributed by atoms with Gasteiger partial charge in [-0.15, -0.1) is 11.3 Å². The molecule has 144 valence electrons. The first-order valence-corrected chi connectivity index (χ1v) is 10.6. The van der Waals surface area contributed by atoms with E-state index in [1.165, 1.54) is 18.4 Å². The molecule has 0 aliphatic carbocycles. The molecule has 2 aromatic carbocycles. The van der Waals surface area contributed by atoms with Crippen LogP contribution < -0.4 is 10.6 Å². The van der Waals surface area contributed by atoms with Gasteiger partial charge in [0, 0.05) is 14.7 Å². The number of thiocarbonyl (C=S) groups is 1. The number of methoxy groups -OCH3 is 1. The van der Waals surface area contributed by atoms with Crippen LogP contribution in [0.4, 0.5) is 10.7 Å². The van der Waals surface area contributed by atoms with Gasteiger partial charge in [0.1, 0.15) is 5.00 Å². The molecule has 7 heteroatoms. The zero-order chi connectivity index (χ0) is 20.1. The molecule has 28 heavy (non-hydrogen) atoms. The molecule has 0 saturated heterocycles. The minimum Gasteiger partial charge on any atom is -0.465 e. The Labute approximate surface area is 178 Å². The van der Waals surface area contributed by atoms with E-state index in [0.717, 1.165) is 25.9 Å². The Morgan fingerprint density at radius 2 is 1.71 bits per heavy atom. The molecule has 2 N–H and O–H groups in total. The van der Waals surface area contributed by atoms with Crippen LogP contribution in [0.5, 0.6) is 0 Å². The quantitative estimate of drug-likeness (QED) is 0.378. The molecule has 0 amide bonds. The maximum absolute atomic E-state index is 12.1. The molecular weight excluding hydrogens is 408 g/mol. The van der Waals surface area contributed by atoms with Gasteiger partial charge in [-0.25, -0.2) is 4.79 Å². The summed E-state index contributed by atoms with van der Waals surface area (Å²) in [5.74, 6) is -0.368. The lowest BCUT2D eigenvalue weighted by Gasteiger charge is -2.14. The van der Waals surface area contributed by atoms with Crippen molar-refractivity contribution in [1.29, 1.82) is 0 Å². The minimum atomic E-state index is -0.368. The number of para-hydroxylation sites is 1. The van der Waals surface area contributed by atoms with Crippen molar-refractivity contribution in [3.63, 3.8) is 0 Å². The summed E-state index contributed by atoms with van der Waals surface area (Å²) in [6.45, 7) is 3.88. The first-order chi connectivity index (χ1) is 13.5. The highest BCUT2D eigenvalue weighted by molar-refractivity contribution is 7.99. The van der Waals surface area contributed by atoms with Crippen molar-refractivity contribution in [2.75, 3.05) is 17.7 Å². The molecule has 4 nitrogen and oxygen atoms in total. The maximum atomic E-state index is 12.1. The lowest BCUT2D eigenvalue weighted by molar-refractivity contribution is 0.0601. The monoisotopic (exact) mass is 428 g/mol. The zero-order valence-electron chi connectivity index (χ0n) is 15.7. The van der Waals surface area contributed by atoms with Gasteiger partial charge in [-0.1, -0.05) is 42.1 Å². The summed E-state index contributed by atoms with van der Waals surface area (Å²) in [7, 11) is 1.38. The van der Waals surface area contributed by atoms with Crippen LogP contribution in [0.25, 0.3) is 0 Å². The SMILES string of the molecule is COC(=O)c1c(NC(=S)Nc2ccccc2Sc2ccccc2)sc(C)c1C. The van der Waals surface area contributed by atoms with E-state index in [2.05, 4.69) is 22.8 Å². The van der Waals surface area contributed by atoms with Crippen LogP contribution in [0.2, 0.25) is 0 Å². The number of anilines is 2. The fourth-order valence-corrected chi connectivity index (χ4v) is 4.85. The smallest absolute Gasteiger partial charge is 0.341 e. The van der Waals surface area contributed by atoms with Crippen LogP contribution in [-0.2, 0) is 4.74 Å². The Balaban J connectivity index is 1.78. The van der Waals surface area contributed by atoms with Crippen molar-refractivity contribution in [1.82, 2.24) is 0 Å². The minimum absolute atomic E-state index is 0.368. The molecule has 0 fully saturated rings. The van der Waals surface area contributed by atoms with Crippen molar-refractivity contribution in [3.8, 4) is 0 Å². The van der Waals surface area contributed by atoms with Crippen LogP contribution in [0.15, 0.2) is 64.4 Å². The molecule has 3 rings (SSSR count). The largest absolute Gasteiger partial charge is 0.465 e. The number of aryl methyl sites for hydroxylation is 1. The number of carbonyl (C=O) groups is 1. The van der Waals surface area contributed by atoms with Crippen molar-refractivity contribution in [2.45, 2.75) is 23.6 Å². The topological polar surface area (TPSA) is 50.4 Å². The highest BCUT2D eigenvalue weighted by Gasteiger charge is 2.21. The number of carbonyl (C=O) groups excluding carboxylic acids is 1. The summed E-state index contributed by atoms with van der Waals surface area (Å²) in [5.41, 5.74) is 2.33. The molecule has 0 atom stereocenters. The van der Waals surface area contributed by atoms with Crippen LogP contribution in [0.3, 0.4) is 0 Å². The van der Waals surface area contributed by atoms with Crippen LogP contribution in [-0.4, -0.2) is 18.2 Å². The number of hydrogen-bond acceptors (Lipinski definition) is 5. The van der Waals surface area contributed by atoms with E-state index < -0.39 is 0 Å². The number of nitrogens with one attached hydrogen (secondary N) is 2. The number of ether oxygens (including phenoxy) is 1. The van der Waals surface area contributed by atoms with E-state index in [0.29, 0.717) is 15.7 Å². The summed E-state index contributed by atoms with van der Waals surface area (Å²) in [6.07, 6.45) is 0. The van der Waals surface area contributed by atoms with Gasteiger partial charge in [0.15, 0.2) is 5.11 Å². The predicted octanol–water partition coefficient (Wildman–Crippen LogP) is 6.11. The van der Waals surface area contributed by atoms with E-state index in [1.54, 1.807) is 11.8 Å². The second kappa shape index (κ2) is 9.23. The van der Waals surface area contributed by atoms with Crippen molar-refractivity contribution in [2.24, 2.45) is 0 Å². The Kier molecular flexibility index (Phi) is 6.72. The van der Waals surface area contributed by atoms with Gasteiger partial charge in [-0.05, 0) is 55.9 Å². The van der Waals surface area contributed by atoms with E-state index in [9.17, 15) is 4.79 Å². The number of benzene rings is 2. The molecule has 1 heterocycles. The van der Waals surface area contributed by atoms with Gasteiger partial charge < -0.3 is 15.4 Å². The highest BCUT2D eigenvalue weighted by atomic mass is 32.2. The summed E-state index contributed by atoms with van der Waals surface area (Å²) in [4.78, 5) is 15.4. The molecule has 0 radical (unpaired) electrons. The second-order valence-electron chi connectivity index (χ2n) is 5.97. The van der Waals surface area contributed by atoms with E-state index in [4.69, 9.17) is 17.0 Å². The fourth-order valence-electron chi connectivity index (χ4n) is 2.59. The van der Waals surface area contributed by atoms with E-state index in [-0.39, 0.29) is 5.97 Å². The molecule has 0 saturated carbocycles. The summed E-state index contributed by atoms with van der Waals surface area (Å²) >= 11 is 8.65. The normalized spacial score (nSPS) is 10.4. The lowest BCUT2D eigenvalue weighted by atomic mass is 10.1. The molecule has 1 aromatic heterocycles.